The van der Waals surface area contributed by atoms with Crippen molar-refractivity contribution in [1.29, 1.82) is 0 Å². The lowest BCUT2D eigenvalue weighted by molar-refractivity contribution is 0.0433. The smallest absolute Gasteiger partial charge is 0.338 e. The van der Waals surface area contributed by atoms with Gasteiger partial charge in [0.1, 0.15) is 18.1 Å². The van der Waals surface area contributed by atoms with Gasteiger partial charge in [-0.15, -0.1) is 0 Å². The van der Waals surface area contributed by atoms with E-state index in [1.54, 1.807) is 6.07 Å². The number of carbonyl (C=O) groups excluding carboxylic acids is 1. The molecule has 190 valence electrons. The number of likely N-dealkylation sites (N-methyl/N-ethyl adjacent to an activating group) is 1. The highest BCUT2D eigenvalue weighted by Gasteiger charge is 2.30. The fourth-order valence-electron chi connectivity index (χ4n) is 4.98. The van der Waals surface area contributed by atoms with Crippen molar-refractivity contribution in [2.75, 3.05) is 44.3 Å². The third-order valence-corrected chi connectivity index (χ3v) is 6.87. The summed E-state index contributed by atoms with van der Waals surface area (Å²) in [7, 11) is 0. The van der Waals surface area contributed by atoms with Crippen LogP contribution in [0.15, 0.2) is 72.0 Å². The first-order valence-electron chi connectivity index (χ1n) is 12.9. The maximum absolute atomic E-state index is 12.9. The second-order valence-corrected chi connectivity index (χ2v) is 8.75. The van der Waals surface area contributed by atoms with E-state index in [1.807, 2.05) is 18.2 Å². The molecule has 1 heterocycles. The van der Waals surface area contributed by atoms with Crippen LogP contribution in [0, 0.1) is 0 Å². The van der Waals surface area contributed by atoms with Gasteiger partial charge in [-0.25, -0.2) is 4.79 Å². The van der Waals surface area contributed by atoms with Crippen LogP contribution in [-0.4, -0.2) is 61.4 Å². The van der Waals surface area contributed by atoms with E-state index in [4.69, 9.17) is 14.6 Å². The third-order valence-electron chi connectivity index (χ3n) is 6.87. The molecule has 6 nitrogen and oxygen atoms in total. The number of esters is 1. The molecule has 0 radical (unpaired) electrons. The number of carbonyl (C=O) groups is 1. The van der Waals surface area contributed by atoms with E-state index in [0.29, 0.717) is 5.56 Å². The number of anilines is 1. The monoisotopic (exact) mass is 488 g/mol. The van der Waals surface area contributed by atoms with Crippen molar-refractivity contribution in [3.8, 4) is 5.75 Å². The van der Waals surface area contributed by atoms with Crippen LogP contribution in [0.25, 0.3) is 5.57 Å². The molecular weight excluding hydrogens is 452 g/mol. The first-order valence-corrected chi connectivity index (χ1v) is 12.9. The minimum absolute atomic E-state index is 0.0391. The number of rotatable bonds is 10. The standard InChI is InChI=1S/C30H36N2O4/c1-5-31(6-2)21-13-15-25-27(19-21)36-28-20-22(32(7-3)8-4)14-16-26(28)29(25)23-11-9-10-12-24(23)30(34)35-18-17-33/h9-16,19-21,33H,5-8,17-18H2,1-4H3. The largest absolute Gasteiger partial charge is 0.460 e. The van der Waals surface area contributed by atoms with E-state index in [-0.39, 0.29) is 19.3 Å². The first-order chi connectivity index (χ1) is 17.6. The molecule has 1 aliphatic heterocycles. The summed E-state index contributed by atoms with van der Waals surface area (Å²) in [5, 5.41) is 9.16. The summed E-state index contributed by atoms with van der Waals surface area (Å²) < 4.78 is 11.9. The second-order valence-electron chi connectivity index (χ2n) is 8.75. The SMILES string of the molecule is CCN(CC)c1ccc2c(c1)OC1=CC(N(CC)CC)C=CC1=C2c1ccccc1C(=O)OCCO. The molecule has 2 aromatic carbocycles. The van der Waals surface area contributed by atoms with E-state index in [2.05, 4.69) is 73.9 Å². The van der Waals surface area contributed by atoms with E-state index >= 15 is 0 Å². The molecule has 0 fully saturated rings. The molecule has 0 saturated heterocycles. The average molecular weight is 489 g/mol. The molecule has 0 saturated carbocycles. The number of aliphatic hydroxyl groups is 1. The molecule has 1 unspecified atom stereocenters. The quantitative estimate of drug-likeness (QED) is 0.473. The fraction of sp³-hybridized carbons (Fsp3) is 0.367. The Balaban J connectivity index is 1.90. The number of aliphatic hydroxyl groups excluding tert-OH is 1. The molecule has 0 bridgehead atoms. The van der Waals surface area contributed by atoms with Crippen molar-refractivity contribution < 1.29 is 19.4 Å². The summed E-state index contributed by atoms with van der Waals surface area (Å²) in [5.41, 5.74) is 5.18. The van der Waals surface area contributed by atoms with Crippen molar-refractivity contribution >= 4 is 17.2 Å². The Kier molecular flexibility index (Phi) is 8.28. The normalized spacial score (nSPS) is 16.3. The highest BCUT2D eigenvalue weighted by Crippen LogP contribution is 2.45. The van der Waals surface area contributed by atoms with Gasteiger partial charge in [-0.3, -0.25) is 4.90 Å². The zero-order valence-corrected chi connectivity index (χ0v) is 21.7. The summed E-state index contributed by atoms with van der Waals surface area (Å²) in [6, 6.07) is 13.9. The summed E-state index contributed by atoms with van der Waals surface area (Å²) in [6.45, 7) is 12.0. The summed E-state index contributed by atoms with van der Waals surface area (Å²) >= 11 is 0. The number of hydrogen-bond donors (Lipinski definition) is 1. The van der Waals surface area contributed by atoms with Crippen molar-refractivity contribution in [2.24, 2.45) is 0 Å². The Morgan fingerprint density at radius 2 is 1.75 bits per heavy atom. The molecule has 6 heteroatoms. The molecule has 2 aromatic rings. The number of ether oxygens (including phenoxy) is 2. The second kappa shape index (κ2) is 11.6. The number of nitrogens with zero attached hydrogens (tertiary/aromatic N) is 2. The lowest BCUT2D eigenvalue weighted by Crippen LogP contribution is -2.34. The maximum atomic E-state index is 12.9. The van der Waals surface area contributed by atoms with Crippen LogP contribution in [0.1, 0.15) is 49.2 Å². The van der Waals surface area contributed by atoms with Crippen LogP contribution in [0.4, 0.5) is 5.69 Å². The molecule has 0 aromatic heterocycles. The highest BCUT2D eigenvalue weighted by atomic mass is 16.5. The van der Waals surface area contributed by atoms with Gasteiger partial charge in [0.05, 0.1) is 18.2 Å². The molecule has 0 spiro atoms. The number of fused-ring (bicyclic) bond motifs is 2. The van der Waals surface area contributed by atoms with Crippen molar-refractivity contribution in [1.82, 2.24) is 4.90 Å². The predicted molar refractivity (Wildman–Crippen MR) is 144 cm³/mol. The first kappa shape index (κ1) is 25.7. The average Bonchev–Trinajstić information content (AvgIpc) is 2.91. The minimum Gasteiger partial charge on any atom is -0.460 e. The highest BCUT2D eigenvalue weighted by molar-refractivity contribution is 6.01. The molecule has 1 aliphatic carbocycles. The van der Waals surface area contributed by atoms with Crippen molar-refractivity contribution in [3.63, 3.8) is 0 Å². The molecule has 1 atom stereocenters. The van der Waals surface area contributed by atoms with Gasteiger partial charge in [0.2, 0.25) is 0 Å². The molecule has 0 amide bonds. The fourth-order valence-corrected chi connectivity index (χ4v) is 4.98. The van der Waals surface area contributed by atoms with Gasteiger partial charge in [0, 0.05) is 41.6 Å². The van der Waals surface area contributed by atoms with E-state index in [9.17, 15) is 4.79 Å². The van der Waals surface area contributed by atoms with Gasteiger partial charge in [-0.2, -0.15) is 0 Å². The molecule has 1 N–H and O–H groups in total. The lowest BCUT2D eigenvalue weighted by atomic mass is 9.85. The summed E-state index contributed by atoms with van der Waals surface area (Å²) in [6.07, 6.45) is 6.48. The van der Waals surface area contributed by atoms with Crippen molar-refractivity contribution in [3.05, 3.63) is 88.7 Å². The maximum Gasteiger partial charge on any atom is 0.338 e. The van der Waals surface area contributed by atoms with Crippen LogP contribution in [-0.2, 0) is 4.74 Å². The van der Waals surface area contributed by atoms with E-state index < -0.39 is 5.97 Å². The Bertz CT molecular complexity index is 1190. The molecular formula is C30H36N2O4. The van der Waals surface area contributed by atoms with Crippen LogP contribution >= 0.6 is 0 Å². The summed E-state index contributed by atoms with van der Waals surface area (Å²) in [4.78, 5) is 17.6. The zero-order chi connectivity index (χ0) is 25.7. The van der Waals surface area contributed by atoms with E-state index in [1.165, 1.54) is 0 Å². The Morgan fingerprint density at radius 3 is 2.44 bits per heavy atom. The Hall–Kier alpha value is -3.35. The third kappa shape index (κ3) is 4.97. The van der Waals surface area contributed by atoms with Crippen molar-refractivity contribution in [2.45, 2.75) is 33.7 Å². The van der Waals surface area contributed by atoms with Crippen LogP contribution in [0.5, 0.6) is 5.75 Å². The molecule has 2 aliphatic rings. The Morgan fingerprint density at radius 1 is 1.00 bits per heavy atom. The predicted octanol–water partition coefficient (Wildman–Crippen LogP) is 5.04. The lowest BCUT2D eigenvalue weighted by Gasteiger charge is -2.33. The number of allylic oxidation sites excluding steroid dienone is 1. The van der Waals surface area contributed by atoms with Gasteiger partial charge in [-0.05, 0) is 56.8 Å². The van der Waals surface area contributed by atoms with Crippen LogP contribution in [0.2, 0.25) is 0 Å². The Labute approximate surface area is 214 Å². The van der Waals surface area contributed by atoms with E-state index in [0.717, 1.165) is 65.6 Å². The van der Waals surface area contributed by atoms with Crippen LogP contribution < -0.4 is 9.64 Å². The van der Waals surface area contributed by atoms with Gasteiger partial charge < -0.3 is 19.5 Å². The van der Waals surface area contributed by atoms with Gasteiger partial charge in [0.15, 0.2) is 0 Å². The number of hydrogen-bond acceptors (Lipinski definition) is 6. The summed E-state index contributed by atoms with van der Waals surface area (Å²) in [5.74, 6) is 1.12. The zero-order valence-electron chi connectivity index (χ0n) is 21.7. The molecule has 36 heavy (non-hydrogen) atoms. The minimum atomic E-state index is -0.452. The van der Waals surface area contributed by atoms with Gasteiger partial charge in [0.25, 0.3) is 0 Å². The molecule has 4 rings (SSSR count). The topological polar surface area (TPSA) is 62.2 Å². The van der Waals surface area contributed by atoms with Crippen LogP contribution in [0.3, 0.4) is 0 Å². The number of benzene rings is 2. The van der Waals surface area contributed by atoms with Gasteiger partial charge in [-0.1, -0.05) is 44.2 Å². The van der Waals surface area contributed by atoms with Gasteiger partial charge >= 0.3 is 5.97 Å².